The molecule has 0 radical (unpaired) electrons. The van der Waals surface area contributed by atoms with Crippen LogP contribution in [0.4, 0.5) is 10.2 Å². The van der Waals surface area contributed by atoms with E-state index in [1.165, 1.54) is 6.07 Å². The van der Waals surface area contributed by atoms with E-state index >= 15 is 0 Å². The number of nitrogens with one attached hydrogen (secondary N) is 1. The first-order valence-corrected chi connectivity index (χ1v) is 5.19. The summed E-state index contributed by atoms with van der Waals surface area (Å²) >= 11 is 5.68. The van der Waals surface area contributed by atoms with Gasteiger partial charge in [-0.3, -0.25) is 5.10 Å². The predicted octanol–water partition coefficient (Wildman–Crippen LogP) is 2.68. The van der Waals surface area contributed by atoms with E-state index in [9.17, 15) is 4.39 Å². The molecule has 1 aromatic heterocycles. The molecule has 0 aliphatic heterocycles. The molecule has 5 heteroatoms. The fourth-order valence-corrected chi connectivity index (χ4v) is 1.71. The van der Waals surface area contributed by atoms with Crippen molar-refractivity contribution in [3.63, 3.8) is 0 Å². The molecule has 0 bridgehead atoms. The molecule has 0 spiro atoms. The average molecular weight is 240 g/mol. The molecule has 0 atom stereocenters. The Hall–Kier alpha value is -1.55. The standard InChI is InChI=1S/C11H11ClFN3/c1-6-9(11(14)16-15-6)4-7-2-3-8(12)5-10(7)13/h2-3,5H,4H2,1H3,(H3,14,15,16). The number of hydrogen-bond donors (Lipinski definition) is 2. The fourth-order valence-electron chi connectivity index (χ4n) is 1.55. The Morgan fingerprint density at radius 3 is 2.81 bits per heavy atom. The van der Waals surface area contributed by atoms with Gasteiger partial charge in [0.15, 0.2) is 0 Å². The highest BCUT2D eigenvalue weighted by Crippen LogP contribution is 2.21. The Kier molecular flexibility index (Phi) is 2.83. The van der Waals surface area contributed by atoms with E-state index in [1.807, 2.05) is 6.92 Å². The van der Waals surface area contributed by atoms with Crippen LogP contribution in [0.1, 0.15) is 16.8 Å². The predicted molar refractivity (Wildman–Crippen MR) is 62.0 cm³/mol. The zero-order chi connectivity index (χ0) is 11.7. The van der Waals surface area contributed by atoms with Gasteiger partial charge >= 0.3 is 0 Å². The van der Waals surface area contributed by atoms with Crippen molar-refractivity contribution in [2.75, 3.05) is 5.73 Å². The van der Waals surface area contributed by atoms with Gasteiger partial charge in [0.1, 0.15) is 11.6 Å². The molecule has 84 valence electrons. The lowest BCUT2D eigenvalue weighted by atomic mass is 10.0. The zero-order valence-corrected chi connectivity index (χ0v) is 9.48. The highest BCUT2D eigenvalue weighted by Gasteiger charge is 2.11. The van der Waals surface area contributed by atoms with Gasteiger partial charge in [-0.1, -0.05) is 17.7 Å². The topological polar surface area (TPSA) is 54.7 Å². The molecule has 0 fully saturated rings. The van der Waals surface area contributed by atoms with Crippen molar-refractivity contribution in [2.45, 2.75) is 13.3 Å². The molecule has 2 rings (SSSR count). The average Bonchev–Trinajstić information content (AvgIpc) is 2.53. The number of hydrogen-bond acceptors (Lipinski definition) is 2. The molecule has 3 N–H and O–H groups in total. The fraction of sp³-hybridized carbons (Fsp3) is 0.182. The van der Waals surface area contributed by atoms with Crippen LogP contribution in [0, 0.1) is 12.7 Å². The van der Waals surface area contributed by atoms with Crippen molar-refractivity contribution in [1.82, 2.24) is 10.2 Å². The van der Waals surface area contributed by atoms with Crippen molar-refractivity contribution in [2.24, 2.45) is 0 Å². The van der Waals surface area contributed by atoms with Gasteiger partial charge in [-0.25, -0.2) is 4.39 Å². The lowest BCUT2D eigenvalue weighted by Gasteiger charge is -2.03. The van der Waals surface area contributed by atoms with Crippen LogP contribution in [0.2, 0.25) is 5.02 Å². The third kappa shape index (κ3) is 2.02. The van der Waals surface area contributed by atoms with E-state index in [2.05, 4.69) is 10.2 Å². The lowest BCUT2D eigenvalue weighted by molar-refractivity contribution is 0.614. The number of nitrogen functional groups attached to an aromatic ring is 1. The first-order chi connectivity index (χ1) is 7.58. The zero-order valence-electron chi connectivity index (χ0n) is 8.72. The quantitative estimate of drug-likeness (QED) is 0.847. The number of aromatic amines is 1. The smallest absolute Gasteiger partial charge is 0.149 e. The molecule has 3 nitrogen and oxygen atoms in total. The monoisotopic (exact) mass is 239 g/mol. The number of benzene rings is 1. The molecular formula is C11H11ClFN3. The molecule has 1 heterocycles. The van der Waals surface area contributed by atoms with Gasteiger partial charge in [0.2, 0.25) is 0 Å². The maximum atomic E-state index is 13.5. The Balaban J connectivity index is 2.34. The number of aromatic nitrogens is 2. The van der Waals surface area contributed by atoms with E-state index in [4.69, 9.17) is 17.3 Å². The van der Waals surface area contributed by atoms with Gasteiger partial charge in [0.25, 0.3) is 0 Å². The van der Waals surface area contributed by atoms with Crippen molar-refractivity contribution in [1.29, 1.82) is 0 Å². The summed E-state index contributed by atoms with van der Waals surface area (Å²) in [4.78, 5) is 0. The second kappa shape index (κ2) is 4.14. The number of aryl methyl sites for hydroxylation is 1. The van der Waals surface area contributed by atoms with Gasteiger partial charge in [-0.05, 0) is 24.6 Å². The van der Waals surface area contributed by atoms with Gasteiger partial charge in [0, 0.05) is 22.7 Å². The minimum absolute atomic E-state index is 0.326. The highest BCUT2D eigenvalue weighted by atomic mass is 35.5. The lowest BCUT2D eigenvalue weighted by Crippen LogP contribution is -1.97. The molecule has 1 aromatic carbocycles. The number of anilines is 1. The summed E-state index contributed by atoms with van der Waals surface area (Å²) in [5.74, 6) is 0.0827. The van der Waals surface area contributed by atoms with Crippen molar-refractivity contribution >= 4 is 17.4 Å². The van der Waals surface area contributed by atoms with Crippen LogP contribution in [-0.4, -0.2) is 10.2 Å². The molecular weight excluding hydrogens is 229 g/mol. The first kappa shape index (κ1) is 11.0. The normalized spacial score (nSPS) is 10.7. The summed E-state index contributed by atoms with van der Waals surface area (Å²) in [5, 5.41) is 7.02. The van der Waals surface area contributed by atoms with Gasteiger partial charge in [0.05, 0.1) is 0 Å². The summed E-state index contributed by atoms with van der Waals surface area (Å²) in [5.41, 5.74) is 7.91. The van der Waals surface area contributed by atoms with E-state index in [1.54, 1.807) is 12.1 Å². The van der Waals surface area contributed by atoms with E-state index in [0.717, 1.165) is 11.3 Å². The van der Waals surface area contributed by atoms with Crippen molar-refractivity contribution in [3.8, 4) is 0 Å². The van der Waals surface area contributed by atoms with Crippen LogP contribution >= 0.6 is 11.6 Å². The molecule has 0 unspecified atom stereocenters. The van der Waals surface area contributed by atoms with Crippen LogP contribution in [0.5, 0.6) is 0 Å². The molecule has 0 aliphatic rings. The van der Waals surface area contributed by atoms with Crippen LogP contribution in [0.3, 0.4) is 0 Å². The molecule has 16 heavy (non-hydrogen) atoms. The number of rotatable bonds is 2. The Labute approximate surface area is 97.4 Å². The molecule has 0 amide bonds. The second-order valence-electron chi connectivity index (χ2n) is 3.62. The number of halogens is 2. The third-order valence-electron chi connectivity index (χ3n) is 2.49. The van der Waals surface area contributed by atoms with Crippen molar-refractivity contribution in [3.05, 3.63) is 45.9 Å². The maximum absolute atomic E-state index is 13.5. The van der Waals surface area contributed by atoms with Crippen LogP contribution in [-0.2, 0) is 6.42 Å². The van der Waals surface area contributed by atoms with Crippen LogP contribution < -0.4 is 5.73 Å². The van der Waals surface area contributed by atoms with E-state index in [-0.39, 0.29) is 5.82 Å². The second-order valence-corrected chi connectivity index (χ2v) is 4.06. The van der Waals surface area contributed by atoms with Gasteiger partial charge < -0.3 is 5.73 Å². The number of H-pyrrole nitrogens is 1. The SMILES string of the molecule is Cc1[nH]nc(N)c1Cc1ccc(Cl)cc1F. The molecule has 0 aliphatic carbocycles. The van der Waals surface area contributed by atoms with E-state index in [0.29, 0.717) is 22.8 Å². The minimum Gasteiger partial charge on any atom is -0.382 e. The first-order valence-electron chi connectivity index (χ1n) is 4.81. The summed E-state index contributed by atoms with van der Waals surface area (Å²) in [7, 11) is 0. The van der Waals surface area contributed by atoms with Crippen LogP contribution in [0.25, 0.3) is 0 Å². The molecule has 0 saturated heterocycles. The molecule has 0 saturated carbocycles. The minimum atomic E-state index is -0.326. The number of nitrogens with two attached hydrogens (primary N) is 1. The third-order valence-corrected chi connectivity index (χ3v) is 2.72. The Bertz CT molecular complexity index is 502. The molecule has 2 aromatic rings. The Morgan fingerprint density at radius 1 is 1.50 bits per heavy atom. The van der Waals surface area contributed by atoms with Crippen molar-refractivity contribution < 1.29 is 4.39 Å². The summed E-state index contributed by atoms with van der Waals surface area (Å²) in [6.45, 7) is 1.85. The largest absolute Gasteiger partial charge is 0.382 e. The highest BCUT2D eigenvalue weighted by molar-refractivity contribution is 6.30. The maximum Gasteiger partial charge on any atom is 0.149 e. The summed E-state index contributed by atoms with van der Waals surface area (Å²) < 4.78 is 13.5. The van der Waals surface area contributed by atoms with Crippen LogP contribution in [0.15, 0.2) is 18.2 Å². The summed E-state index contributed by atoms with van der Waals surface area (Å²) in [6.07, 6.45) is 0.414. The number of nitrogens with zero attached hydrogens (tertiary/aromatic N) is 1. The van der Waals surface area contributed by atoms with E-state index < -0.39 is 0 Å². The van der Waals surface area contributed by atoms with Gasteiger partial charge in [-0.2, -0.15) is 5.10 Å². The summed E-state index contributed by atoms with van der Waals surface area (Å²) in [6, 6.07) is 4.61. The Morgan fingerprint density at radius 2 is 2.25 bits per heavy atom. The van der Waals surface area contributed by atoms with Gasteiger partial charge in [-0.15, -0.1) is 0 Å².